The van der Waals surface area contributed by atoms with Gasteiger partial charge in [-0.05, 0) is 25.7 Å². The van der Waals surface area contributed by atoms with Crippen LogP contribution in [0.2, 0.25) is 0 Å². The Morgan fingerprint density at radius 3 is 2.74 bits per heavy atom. The molecule has 0 aliphatic carbocycles. The van der Waals surface area contributed by atoms with Crippen molar-refractivity contribution in [3.8, 4) is 0 Å². The van der Waals surface area contributed by atoms with Crippen molar-refractivity contribution in [3.05, 3.63) is 32.9 Å². The quantitative estimate of drug-likeness (QED) is 0.667. The molecule has 2 N–H and O–H groups in total. The highest BCUT2D eigenvalue weighted by Gasteiger charge is 2.66. The first-order chi connectivity index (χ1) is 12.5. The van der Waals surface area contributed by atoms with Crippen LogP contribution >= 0.6 is 6.72 Å². The number of hydrogen-bond acceptors (Lipinski definition) is 8. The van der Waals surface area contributed by atoms with Gasteiger partial charge in [0, 0.05) is 0 Å². The summed E-state index contributed by atoms with van der Waals surface area (Å²) in [6, 6.07) is 0. The van der Waals surface area contributed by atoms with E-state index in [9.17, 15) is 27.9 Å². The molecule has 0 spiro atoms. The number of fused-ring (bicyclic) bond motifs is 1. The first kappa shape index (κ1) is 20.6. The molecule has 14 heteroatoms. The zero-order valence-electron chi connectivity index (χ0n) is 14.0. The van der Waals surface area contributed by atoms with E-state index in [4.69, 9.17) is 30.1 Å². The van der Waals surface area contributed by atoms with E-state index in [2.05, 4.69) is 0 Å². The molecule has 3 rings (SSSR count). The fraction of sp³-hybridized carbons (Fsp3) is 0.692. The summed E-state index contributed by atoms with van der Waals surface area (Å²) in [5, 5.41) is 10.5. The van der Waals surface area contributed by atoms with E-state index in [0.29, 0.717) is 10.8 Å². The molecule has 2 aliphatic rings. The first-order valence-corrected chi connectivity index (χ1v) is 10.3. The van der Waals surface area contributed by atoms with Gasteiger partial charge in [-0.2, -0.15) is 4.39 Å². The number of nitrogens with zero attached hydrogens (tertiary/aromatic N) is 1. The van der Waals surface area contributed by atoms with Crippen molar-refractivity contribution in [1.82, 2.24) is 9.55 Å². The molecule has 2 aliphatic heterocycles. The Morgan fingerprint density at radius 1 is 1.48 bits per heavy atom. The molecular formula is C13H16F3N2O7PS. The molecule has 0 amide bonds. The second kappa shape index (κ2) is 7.07. The second-order valence-electron chi connectivity index (χ2n) is 6.30. The van der Waals surface area contributed by atoms with E-state index in [1.165, 1.54) is 0 Å². The minimum Gasteiger partial charge on any atom is -0.386 e. The highest BCUT2D eigenvalue weighted by atomic mass is 32.5. The van der Waals surface area contributed by atoms with E-state index >= 15 is 0 Å². The third-order valence-corrected chi connectivity index (χ3v) is 6.47. The van der Waals surface area contributed by atoms with Crippen molar-refractivity contribution in [3.63, 3.8) is 0 Å². The standard InChI is InChI=1S/C13H16F3N2O7PS/c1-5(2)24-26(27)22-4-13(11(15)16)8(25-26)7(19)10(23-13)18-3-6(14)9(20)17-12(18)21/h3,5,7-8,10-11,19H,4H2,1-2H3,(H,17,20,21)/t7-,8-,10+,13+,26?/m0/s1. The Hall–Kier alpha value is -1.08. The molecule has 9 nitrogen and oxygen atoms in total. The highest BCUT2D eigenvalue weighted by molar-refractivity contribution is 8.07. The normalized spacial score (nSPS) is 36.4. The predicted octanol–water partition coefficient (Wildman–Crippen LogP) is 0.634. The Labute approximate surface area is 155 Å². The van der Waals surface area contributed by atoms with Crippen LogP contribution in [0.5, 0.6) is 0 Å². The van der Waals surface area contributed by atoms with Crippen molar-refractivity contribution >= 4 is 18.5 Å². The Kier molecular flexibility index (Phi) is 5.40. The van der Waals surface area contributed by atoms with Crippen LogP contribution in [-0.4, -0.2) is 51.6 Å². The molecule has 1 unspecified atom stereocenters. The number of rotatable bonds is 4. The van der Waals surface area contributed by atoms with Crippen molar-refractivity contribution < 1.29 is 36.6 Å². The van der Waals surface area contributed by atoms with E-state index in [0.717, 1.165) is 0 Å². The molecule has 0 aromatic carbocycles. The minimum atomic E-state index is -3.47. The fourth-order valence-corrected chi connectivity index (χ4v) is 5.42. The average Bonchev–Trinajstić information content (AvgIpc) is 2.84. The van der Waals surface area contributed by atoms with Gasteiger partial charge in [-0.25, -0.2) is 13.6 Å². The maximum absolute atomic E-state index is 13.8. The molecule has 1 aromatic rings. The summed E-state index contributed by atoms with van der Waals surface area (Å²) in [4.78, 5) is 24.7. The van der Waals surface area contributed by atoms with Crippen LogP contribution in [0.15, 0.2) is 15.8 Å². The van der Waals surface area contributed by atoms with Gasteiger partial charge in [0.25, 0.3) is 12.0 Å². The van der Waals surface area contributed by atoms with Gasteiger partial charge in [0.2, 0.25) is 5.82 Å². The minimum absolute atomic E-state index is 0.443. The fourth-order valence-electron chi connectivity index (χ4n) is 2.84. The van der Waals surface area contributed by atoms with Crippen molar-refractivity contribution in [2.45, 2.75) is 50.4 Å². The molecule has 1 aromatic heterocycles. The number of aliphatic hydroxyl groups is 1. The van der Waals surface area contributed by atoms with Crippen LogP contribution in [-0.2, 0) is 30.1 Å². The van der Waals surface area contributed by atoms with E-state index in [-0.39, 0.29) is 0 Å². The lowest BCUT2D eigenvalue weighted by Gasteiger charge is -2.41. The Morgan fingerprint density at radius 2 is 2.15 bits per heavy atom. The lowest BCUT2D eigenvalue weighted by molar-refractivity contribution is -0.204. The summed E-state index contributed by atoms with van der Waals surface area (Å²) >= 11 is 5.12. The van der Waals surface area contributed by atoms with Crippen LogP contribution in [0.25, 0.3) is 0 Å². The topological polar surface area (TPSA) is 112 Å². The SMILES string of the molecule is CC(C)OP1(=S)OC[C@@]2(C(F)F)O[C@@H](n3cc(F)c(=O)[nH]c3=O)[C@@H](O)[C@@H]2O1. The van der Waals surface area contributed by atoms with Gasteiger partial charge >= 0.3 is 12.4 Å². The Balaban J connectivity index is 2.01. The second-order valence-corrected chi connectivity index (χ2v) is 9.21. The number of nitrogens with one attached hydrogen (secondary N) is 1. The number of aromatic amines is 1. The number of ether oxygens (including phenoxy) is 1. The third kappa shape index (κ3) is 3.53. The highest BCUT2D eigenvalue weighted by Crippen LogP contribution is 2.61. The van der Waals surface area contributed by atoms with Gasteiger partial charge in [-0.15, -0.1) is 0 Å². The molecule has 152 valence electrons. The van der Waals surface area contributed by atoms with Gasteiger partial charge in [0.15, 0.2) is 11.8 Å². The van der Waals surface area contributed by atoms with Crippen LogP contribution in [0.3, 0.4) is 0 Å². The molecule has 3 heterocycles. The zero-order valence-corrected chi connectivity index (χ0v) is 15.7. The number of halogens is 3. The van der Waals surface area contributed by atoms with Crippen LogP contribution in [0, 0.1) is 5.82 Å². The smallest absolute Gasteiger partial charge is 0.330 e. The van der Waals surface area contributed by atoms with Crippen LogP contribution in [0.1, 0.15) is 20.1 Å². The summed E-state index contributed by atoms with van der Waals surface area (Å²) in [6.07, 6.45) is -8.51. The van der Waals surface area contributed by atoms with Gasteiger partial charge < -0.3 is 18.9 Å². The number of alkyl halides is 2. The molecule has 2 fully saturated rings. The largest absolute Gasteiger partial charge is 0.386 e. The third-order valence-electron chi connectivity index (χ3n) is 4.02. The molecule has 27 heavy (non-hydrogen) atoms. The van der Waals surface area contributed by atoms with Crippen molar-refractivity contribution in [1.29, 1.82) is 0 Å². The van der Waals surface area contributed by atoms with E-state index < -0.39 is 67.0 Å². The van der Waals surface area contributed by atoms with Crippen molar-refractivity contribution in [2.24, 2.45) is 0 Å². The Bertz CT molecular complexity index is 893. The molecule has 0 saturated carbocycles. The average molecular weight is 432 g/mol. The van der Waals surface area contributed by atoms with Crippen LogP contribution in [0.4, 0.5) is 13.2 Å². The summed E-state index contributed by atoms with van der Waals surface area (Å²) in [5.74, 6) is -1.36. The molecule has 2 saturated heterocycles. The van der Waals surface area contributed by atoms with Crippen LogP contribution < -0.4 is 11.2 Å². The number of aliphatic hydroxyl groups excluding tert-OH is 1. The van der Waals surface area contributed by atoms with Gasteiger partial charge in [0.05, 0.1) is 18.9 Å². The summed E-state index contributed by atoms with van der Waals surface area (Å²) in [7, 11) is 0. The van der Waals surface area contributed by atoms with Gasteiger partial charge in [-0.3, -0.25) is 18.9 Å². The van der Waals surface area contributed by atoms with E-state index in [1.807, 2.05) is 0 Å². The van der Waals surface area contributed by atoms with Crippen molar-refractivity contribution in [2.75, 3.05) is 6.61 Å². The summed E-state index contributed by atoms with van der Waals surface area (Å²) in [5.41, 5.74) is -4.92. The maximum Gasteiger partial charge on any atom is 0.330 e. The first-order valence-electron chi connectivity index (χ1n) is 7.75. The number of hydrogen-bond donors (Lipinski definition) is 2. The van der Waals surface area contributed by atoms with E-state index in [1.54, 1.807) is 18.8 Å². The molecule has 5 atom stereocenters. The molecule has 0 bridgehead atoms. The zero-order chi connectivity index (χ0) is 20.1. The summed E-state index contributed by atoms with van der Waals surface area (Å²) in [6.45, 7) is -0.981. The van der Waals surface area contributed by atoms with Gasteiger partial charge in [0.1, 0.15) is 12.2 Å². The lowest BCUT2D eigenvalue weighted by atomic mass is 9.96. The molecular weight excluding hydrogens is 416 g/mol. The lowest BCUT2D eigenvalue weighted by Crippen LogP contribution is -2.56. The number of H-pyrrole nitrogens is 1. The number of aromatic nitrogens is 2. The maximum atomic E-state index is 13.8. The molecule has 0 radical (unpaired) electrons. The monoisotopic (exact) mass is 432 g/mol. The van der Waals surface area contributed by atoms with Gasteiger partial charge in [-0.1, -0.05) is 0 Å². The summed E-state index contributed by atoms with van der Waals surface area (Å²) < 4.78 is 62.8. The predicted molar refractivity (Wildman–Crippen MR) is 87.5 cm³/mol.